The number of rotatable bonds is 3. The highest BCUT2D eigenvalue weighted by Crippen LogP contribution is 2.33. The Kier molecular flexibility index (Phi) is 3.59. The molecule has 2 aromatic rings. The van der Waals surface area contributed by atoms with E-state index in [0.29, 0.717) is 6.42 Å². The van der Waals surface area contributed by atoms with E-state index < -0.39 is 0 Å². The van der Waals surface area contributed by atoms with Crippen molar-refractivity contribution in [3.63, 3.8) is 0 Å². The van der Waals surface area contributed by atoms with E-state index in [2.05, 4.69) is 30.4 Å². The van der Waals surface area contributed by atoms with Crippen molar-refractivity contribution < 1.29 is 4.79 Å². The molecule has 0 saturated heterocycles. The van der Waals surface area contributed by atoms with Crippen LogP contribution in [0.4, 0.5) is 5.69 Å². The van der Waals surface area contributed by atoms with Gasteiger partial charge in [-0.15, -0.1) is 11.3 Å². The lowest BCUT2D eigenvalue weighted by molar-refractivity contribution is -0.119. The summed E-state index contributed by atoms with van der Waals surface area (Å²) in [7, 11) is 1.85. The van der Waals surface area contributed by atoms with E-state index in [4.69, 9.17) is 0 Å². The zero-order valence-corrected chi connectivity index (χ0v) is 12.5. The van der Waals surface area contributed by atoms with Gasteiger partial charge in [-0.3, -0.25) is 4.79 Å². The van der Waals surface area contributed by atoms with Crippen molar-refractivity contribution in [2.75, 3.05) is 11.9 Å². The summed E-state index contributed by atoms with van der Waals surface area (Å²) < 4.78 is 0. The quantitative estimate of drug-likeness (QED) is 0.939. The van der Waals surface area contributed by atoms with Gasteiger partial charge in [-0.2, -0.15) is 0 Å². The summed E-state index contributed by atoms with van der Waals surface area (Å²) >= 11 is 1.80. The van der Waals surface area contributed by atoms with Gasteiger partial charge in [0.1, 0.15) is 0 Å². The molecule has 0 radical (unpaired) electrons. The lowest BCUT2D eigenvalue weighted by Crippen LogP contribution is -2.37. The van der Waals surface area contributed by atoms with E-state index in [0.717, 1.165) is 12.2 Å². The van der Waals surface area contributed by atoms with Gasteiger partial charge in [0.2, 0.25) is 5.91 Å². The summed E-state index contributed by atoms with van der Waals surface area (Å²) in [4.78, 5) is 16.5. The summed E-state index contributed by atoms with van der Waals surface area (Å²) in [6.07, 6.45) is 0.526. The molecule has 1 aromatic carbocycles. The van der Waals surface area contributed by atoms with Crippen LogP contribution in [-0.2, 0) is 11.3 Å². The zero-order chi connectivity index (χ0) is 14.1. The largest absolute Gasteiger partial charge is 0.315 e. The molecule has 1 N–H and O–H groups in total. The van der Waals surface area contributed by atoms with E-state index in [1.54, 1.807) is 16.2 Å². The first-order chi connectivity index (χ1) is 9.65. The maximum absolute atomic E-state index is 12.1. The first-order valence-electron chi connectivity index (χ1n) is 6.79. The number of fused-ring (bicyclic) bond motifs is 1. The minimum Gasteiger partial charge on any atom is -0.315 e. The second-order valence-corrected chi connectivity index (χ2v) is 6.53. The van der Waals surface area contributed by atoms with Crippen molar-refractivity contribution >= 4 is 22.9 Å². The van der Waals surface area contributed by atoms with Crippen molar-refractivity contribution in [3.05, 3.63) is 51.7 Å². The molecule has 3 nitrogen and oxygen atoms in total. The Labute approximate surface area is 123 Å². The van der Waals surface area contributed by atoms with Crippen LogP contribution >= 0.6 is 11.3 Å². The van der Waals surface area contributed by atoms with Gasteiger partial charge in [0.05, 0.1) is 0 Å². The van der Waals surface area contributed by atoms with Gasteiger partial charge in [0.25, 0.3) is 0 Å². The summed E-state index contributed by atoms with van der Waals surface area (Å²) in [5.41, 5.74) is 2.23. The molecule has 1 aliphatic heterocycles. The predicted molar refractivity (Wildman–Crippen MR) is 83.1 cm³/mol. The fourth-order valence-electron chi connectivity index (χ4n) is 2.63. The zero-order valence-electron chi connectivity index (χ0n) is 11.7. The number of nitrogens with one attached hydrogen (secondary N) is 1. The van der Waals surface area contributed by atoms with Crippen LogP contribution in [0.1, 0.15) is 27.8 Å². The van der Waals surface area contributed by atoms with Crippen LogP contribution in [0.2, 0.25) is 0 Å². The van der Waals surface area contributed by atoms with Crippen molar-refractivity contribution in [1.82, 2.24) is 5.32 Å². The third-order valence-corrected chi connectivity index (χ3v) is 4.75. The number of aryl methyl sites for hydroxylation is 1. The highest BCUT2D eigenvalue weighted by atomic mass is 32.1. The van der Waals surface area contributed by atoms with Gasteiger partial charge in [0, 0.05) is 41.5 Å². The average Bonchev–Trinajstić information content (AvgIpc) is 2.87. The molecule has 0 fully saturated rings. The molecule has 0 aliphatic carbocycles. The lowest BCUT2D eigenvalue weighted by atomic mass is 9.96. The number of benzene rings is 1. The molecule has 0 saturated carbocycles. The molecule has 0 bridgehead atoms. The number of thiophene rings is 1. The Morgan fingerprint density at radius 2 is 2.10 bits per heavy atom. The standard InChI is InChI=1S/C16H18N2OS/c1-11-7-8-12(20-11)10-17-14-9-16(19)18(2)15-6-4-3-5-13(14)15/h3-8,14,17H,9-10H2,1-2H3. The lowest BCUT2D eigenvalue weighted by Gasteiger charge is -2.32. The number of hydrogen-bond acceptors (Lipinski definition) is 3. The maximum Gasteiger partial charge on any atom is 0.228 e. The topological polar surface area (TPSA) is 32.3 Å². The summed E-state index contributed by atoms with van der Waals surface area (Å²) in [6, 6.07) is 12.5. The maximum atomic E-state index is 12.1. The van der Waals surface area contributed by atoms with Crippen LogP contribution in [0.15, 0.2) is 36.4 Å². The number of anilines is 1. The SMILES string of the molecule is Cc1ccc(CNC2CC(=O)N(C)c3ccccc32)s1. The highest BCUT2D eigenvalue weighted by Gasteiger charge is 2.28. The van der Waals surface area contributed by atoms with Gasteiger partial charge < -0.3 is 10.2 Å². The van der Waals surface area contributed by atoms with Crippen LogP contribution < -0.4 is 10.2 Å². The van der Waals surface area contributed by atoms with Crippen LogP contribution in [0.25, 0.3) is 0 Å². The fourth-order valence-corrected chi connectivity index (χ4v) is 3.47. The number of carbonyl (C=O) groups excluding carboxylic acids is 1. The second kappa shape index (κ2) is 5.38. The van der Waals surface area contributed by atoms with Gasteiger partial charge in [-0.1, -0.05) is 18.2 Å². The molecule has 0 spiro atoms. The summed E-state index contributed by atoms with van der Waals surface area (Å²) in [5, 5.41) is 3.52. The van der Waals surface area contributed by atoms with Crippen molar-refractivity contribution in [2.45, 2.75) is 25.9 Å². The fraction of sp³-hybridized carbons (Fsp3) is 0.312. The minimum absolute atomic E-state index is 0.109. The molecule has 1 unspecified atom stereocenters. The Morgan fingerprint density at radius 3 is 2.85 bits per heavy atom. The Bertz CT molecular complexity index is 635. The Morgan fingerprint density at radius 1 is 1.30 bits per heavy atom. The third-order valence-electron chi connectivity index (χ3n) is 3.75. The van der Waals surface area contributed by atoms with Gasteiger partial charge >= 0.3 is 0 Å². The van der Waals surface area contributed by atoms with E-state index in [-0.39, 0.29) is 11.9 Å². The summed E-state index contributed by atoms with van der Waals surface area (Å²) in [5.74, 6) is 0.170. The monoisotopic (exact) mass is 286 g/mol. The van der Waals surface area contributed by atoms with Gasteiger partial charge in [0.15, 0.2) is 0 Å². The normalized spacial score (nSPS) is 18.2. The molecule has 1 amide bonds. The van der Waals surface area contributed by atoms with Crippen molar-refractivity contribution in [3.8, 4) is 0 Å². The third kappa shape index (κ3) is 2.49. The number of para-hydroxylation sites is 1. The van der Waals surface area contributed by atoms with E-state index >= 15 is 0 Å². The minimum atomic E-state index is 0.109. The van der Waals surface area contributed by atoms with E-state index in [1.165, 1.54) is 15.3 Å². The molecular weight excluding hydrogens is 268 g/mol. The number of carbonyl (C=O) groups is 1. The molecular formula is C16H18N2OS. The molecule has 1 aromatic heterocycles. The first kappa shape index (κ1) is 13.3. The van der Waals surface area contributed by atoms with Crippen LogP contribution in [0.3, 0.4) is 0 Å². The number of amides is 1. The van der Waals surface area contributed by atoms with E-state index in [1.807, 2.05) is 25.2 Å². The second-order valence-electron chi connectivity index (χ2n) is 5.16. The average molecular weight is 286 g/mol. The Balaban J connectivity index is 1.80. The van der Waals surface area contributed by atoms with Crippen LogP contribution in [0, 0.1) is 6.92 Å². The highest BCUT2D eigenvalue weighted by molar-refractivity contribution is 7.11. The molecule has 104 valence electrons. The number of hydrogen-bond donors (Lipinski definition) is 1. The van der Waals surface area contributed by atoms with Crippen molar-refractivity contribution in [2.24, 2.45) is 0 Å². The van der Waals surface area contributed by atoms with E-state index in [9.17, 15) is 4.79 Å². The Hall–Kier alpha value is -1.65. The van der Waals surface area contributed by atoms with Crippen LogP contribution in [-0.4, -0.2) is 13.0 Å². The molecule has 2 heterocycles. The molecule has 3 rings (SSSR count). The first-order valence-corrected chi connectivity index (χ1v) is 7.61. The molecule has 1 aliphatic rings. The van der Waals surface area contributed by atoms with Crippen molar-refractivity contribution in [1.29, 1.82) is 0 Å². The smallest absolute Gasteiger partial charge is 0.228 e. The molecule has 1 atom stereocenters. The number of nitrogens with zero attached hydrogens (tertiary/aromatic N) is 1. The van der Waals surface area contributed by atoms with Crippen LogP contribution in [0.5, 0.6) is 0 Å². The summed E-state index contributed by atoms with van der Waals surface area (Å²) in [6.45, 7) is 2.93. The molecule has 4 heteroatoms. The molecule has 20 heavy (non-hydrogen) atoms. The van der Waals surface area contributed by atoms with Gasteiger partial charge in [-0.25, -0.2) is 0 Å². The van der Waals surface area contributed by atoms with Gasteiger partial charge in [-0.05, 0) is 30.7 Å². The predicted octanol–water partition coefficient (Wildman–Crippen LogP) is 3.25.